The van der Waals surface area contributed by atoms with E-state index < -0.39 is 29.6 Å². The molecule has 0 aliphatic rings. The molecule has 2 amide bonds. The van der Waals surface area contributed by atoms with Crippen LogP contribution in [0.5, 0.6) is 0 Å². The van der Waals surface area contributed by atoms with Crippen molar-refractivity contribution in [2.24, 2.45) is 11.7 Å². The van der Waals surface area contributed by atoms with Crippen LogP contribution in [-0.4, -0.2) is 35.8 Å². The van der Waals surface area contributed by atoms with E-state index in [-0.39, 0.29) is 24.7 Å². The summed E-state index contributed by atoms with van der Waals surface area (Å²) in [5, 5.41) is 2.23. The highest BCUT2D eigenvalue weighted by molar-refractivity contribution is 5.95. The highest BCUT2D eigenvalue weighted by atomic mass is 19.4. The number of nitrogens with two attached hydrogens (primary N) is 1. The number of benzene rings is 1. The highest BCUT2D eigenvalue weighted by Gasteiger charge is 2.34. The minimum atomic E-state index is -4.58. The van der Waals surface area contributed by atoms with Crippen LogP contribution in [0.2, 0.25) is 0 Å². The Morgan fingerprint density at radius 1 is 1.24 bits per heavy atom. The van der Waals surface area contributed by atoms with Crippen LogP contribution in [0.15, 0.2) is 24.3 Å². The third-order valence-corrected chi connectivity index (χ3v) is 4.08. The molecule has 140 valence electrons. The van der Waals surface area contributed by atoms with Crippen LogP contribution in [0.1, 0.15) is 32.8 Å². The number of nitrogens with one attached hydrogen (secondary N) is 1. The largest absolute Gasteiger partial charge is 0.418 e. The van der Waals surface area contributed by atoms with E-state index in [0.29, 0.717) is 6.42 Å². The van der Waals surface area contributed by atoms with Gasteiger partial charge in [0.05, 0.1) is 23.8 Å². The summed E-state index contributed by atoms with van der Waals surface area (Å²) in [7, 11) is 0. The maximum absolute atomic E-state index is 13.0. The molecule has 3 N–H and O–H groups in total. The fourth-order valence-electron chi connectivity index (χ4n) is 2.26. The van der Waals surface area contributed by atoms with E-state index in [4.69, 9.17) is 5.73 Å². The number of hydrogen-bond acceptors (Lipinski definition) is 3. The second-order valence-corrected chi connectivity index (χ2v) is 5.86. The molecule has 1 rings (SSSR count). The van der Waals surface area contributed by atoms with Crippen molar-refractivity contribution in [3.8, 4) is 0 Å². The fourth-order valence-corrected chi connectivity index (χ4v) is 2.26. The Kier molecular flexibility index (Phi) is 7.41. The lowest BCUT2D eigenvalue weighted by Crippen LogP contribution is -2.49. The minimum absolute atomic E-state index is 0.0597. The number of carbonyl (C=O) groups is 2. The molecule has 0 aliphatic heterocycles. The average Bonchev–Trinajstić information content (AvgIpc) is 2.57. The SMILES string of the molecule is CCC(C)C(N)C(=O)N(CC)CC(=O)Nc1ccccc1C(F)(F)F. The number of rotatable bonds is 7. The summed E-state index contributed by atoms with van der Waals surface area (Å²) in [6.07, 6.45) is -3.88. The minimum Gasteiger partial charge on any atom is -0.332 e. The Hall–Kier alpha value is -2.09. The Balaban J connectivity index is 2.83. The number of likely N-dealkylation sites (N-methyl/N-ethyl adjacent to an activating group) is 1. The molecule has 0 spiro atoms. The van der Waals surface area contributed by atoms with E-state index >= 15 is 0 Å². The van der Waals surface area contributed by atoms with E-state index in [1.54, 1.807) is 6.92 Å². The van der Waals surface area contributed by atoms with Crippen LogP contribution in [0.4, 0.5) is 18.9 Å². The summed E-state index contributed by atoms with van der Waals surface area (Å²) >= 11 is 0. The summed E-state index contributed by atoms with van der Waals surface area (Å²) in [5.41, 5.74) is 4.61. The molecule has 0 radical (unpaired) electrons. The lowest BCUT2D eigenvalue weighted by atomic mass is 9.99. The van der Waals surface area contributed by atoms with E-state index in [2.05, 4.69) is 5.32 Å². The second-order valence-electron chi connectivity index (χ2n) is 5.86. The Morgan fingerprint density at radius 3 is 2.36 bits per heavy atom. The summed E-state index contributed by atoms with van der Waals surface area (Å²) in [5.74, 6) is -1.16. The number of para-hydroxylation sites is 1. The molecule has 0 fully saturated rings. The van der Waals surface area contributed by atoms with Gasteiger partial charge in [0, 0.05) is 6.54 Å². The van der Waals surface area contributed by atoms with E-state index in [9.17, 15) is 22.8 Å². The molecule has 5 nitrogen and oxygen atoms in total. The van der Waals surface area contributed by atoms with Crippen LogP contribution in [0.25, 0.3) is 0 Å². The maximum Gasteiger partial charge on any atom is 0.418 e. The van der Waals surface area contributed by atoms with Gasteiger partial charge >= 0.3 is 6.18 Å². The van der Waals surface area contributed by atoms with Gasteiger partial charge in [0.25, 0.3) is 0 Å². The predicted molar refractivity (Wildman–Crippen MR) is 89.8 cm³/mol. The van der Waals surface area contributed by atoms with Gasteiger partial charge in [-0.3, -0.25) is 9.59 Å². The van der Waals surface area contributed by atoms with Gasteiger partial charge in [0.15, 0.2) is 0 Å². The number of nitrogens with zero attached hydrogens (tertiary/aromatic N) is 1. The topological polar surface area (TPSA) is 75.4 Å². The summed E-state index contributed by atoms with van der Waals surface area (Å²) in [6.45, 7) is 5.28. The van der Waals surface area contributed by atoms with Gasteiger partial charge in [-0.15, -0.1) is 0 Å². The van der Waals surface area contributed by atoms with E-state index in [1.165, 1.54) is 23.1 Å². The fraction of sp³-hybridized carbons (Fsp3) is 0.529. The molecule has 0 bridgehead atoms. The van der Waals surface area contributed by atoms with Crippen LogP contribution in [0, 0.1) is 5.92 Å². The van der Waals surface area contributed by atoms with Crippen LogP contribution in [0.3, 0.4) is 0 Å². The number of amides is 2. The summed E-state index contributed by atoms with van der Waals surface area (Å²) in [6, 6.07) is 3.94. The molecule has 0 saturated carbocycles. The molecular formula is C17H24F3N3O2. The van der Waals surface area contributed by atoms with Crippen LogP contribution < -0.4 is 11.1 Å². The van der Waals surface area contributed by atoms with Gasteiger partial charge < -0.3 is 16.0 Å². The average molecular weight is 359 g/mol. The Labute approximate surface area is 145 Å². The van der Waals surface area contributed by atoms with Gasteiger partial charge in [-0.1, -0.05) is 32.4 Å². The normalized spacial score (nSPS) is 13.9. The predicted octanol–water partition coefficient (Wildman–Crippen LogP) is 2.87. The first kappa shape index (κ1) is 21.0. The van der Waals surface area contributed by atoms with Crippen molar-refractivity contribution < 1.29 is 22.8 Å². The second kappa shape index (κ2) is 8.84. The number of hydrogen-bond donors (Lipinski definition) is 2. The van der Waals surface area contributed by atoms with E-state index in [0.717, 1.165) is 6.07 Å². The van der Waals surface area contributed by atoms with Crippen LogP contribution in [-0.2, 0) is 15.8 Å². The number of alkyl halides is 3. The molecule has 1 aromatic carbocycles. The third-order valence-electron chi connectivity index (χ3n) is 4.08. The molecule has 2 unspecified atom stereocenters. The van der Waals surface area contributed by atoms with Crippen molar-refractivity contribution in [2.45, 2.75) is 39.4 Å². The van der Waals surface area contributed by atoms with Gasteiger partial charge in [-0.05, 0) is 25.0 Å². The highest BCUT2D eigenvalue weighted by Crippen LogP contribution is 2.34. The molecule has 25 heavy (non-hydrogen) atoms. The zero-order valence-corrected chi connectivity index (χ0v) is 14.6. The third kappa shape index (κ3) is 5.74. The van der Waals surface area contributed by atoms with Gasteiger partial charge in [0.2, 0.25) is 11.8 Å². The summed E-state index contributed by atoms with van der Waals surface area (Å²) < 4.78 is 38.9. The first-order valence-corrected chi connectivity index (χ1v) is 8.12. The molecule has 2 atom stereocenters. The Morgan fingerprint density at radius 2 is 1.84 bits per heavy atom. The molecule has 0 heterocycles. The van der Waals surface area contributed by atoms with Crippen molar-refractivity contribution in [1.29, 1.82) is 0 Å². The number of halogens is 3. The quantitative estimate of drug-likeness (QED) is 0.786. The van der Waals surface area contributed by atoms with Gasteiger partial charge in [-0.25, -0.2) is 0 Å². The first-order valence-electron chi connectivity index (χ1n) is 8.12. The van der Waals surface area contributed by atoms with Crippen molar-refractivity contribution in [2.75, 3.05) is 18.4 Å². The molecular weight excluding hydrogens is 335 g/mol. The zero-order valence-electron chi connectivity index (χ0n) is 14.6. The zero-order chi connectivity index (χ0) is 19.2. The molecule has 8 heteroatoms. The van der Waals surface area contributed by atoms with Crippen molar-refractivity contribution in [1.82, 2.24) is 4.90 Å². The summed E-state index contributed by atoms with van der Waals surface area (Å²) in [4.78, 5) is 25.7. The standard InChI is InChI=1S/C17H24F3N3O2/c1-4-11(3)15(21)16(25)23(5-2)10-14(24)22-13-9-7-6-8-12(13)17(18,19)20/h6-9,11,15H,4-5,10,21H2,1-3H3,(H,22,24). The number of carbonyl (C=O) groups excluding carboxylic acids is 2. The van der Waals surface area contributed by atoms with Gasteiger partial charge in [0.1, 0.15) is 0 Å². The monoisotopic (exact) mass is 359 g/mol. The number of anilines is 1. The smallest absolute Gasteiger partial charge is 0.332 e. The van der Waals surface area contributed by atoms with Crippen molar-refractivity contribution >= 4 is 17.5 Å². The maximum atomic E-state index is 13.0. The first-order chi connectivity index (χ1) is 11.6. The lowest BCUT2D eigenvalue weighted by molar-refractivity contribution is -0.138. The molecule has 0 aliphatic carbocycles. The van der Waals surface area contributed by atoms with Crippen molar-refractivity contribution in [3.05, 3.63) is 29.8 Å². The molecule has 0 aromatic heterocycles. The lowest BCUT2D eigenvalue weighted by Gasteiger charge is -2.26. The molecule has 1 aromatic rings. The molecule has 0 saturated heterocycles. The van der Waals surface area contributed by atoms with E-state index in [1.807, 2.05) is 13.8 Å². The van der Waals surface area contributed by atoms with Crippen LogP contribution >= 0.6 is 0 Å². The van der Waals surface area contributed by atoms with Gasteiger partial charge in [-0.2, -0.15) is 13.2 Å². The van der Waals surface area contributed by atoms with Crippen molar-refractivity contribution in [3.63, 3.8) is 0 Å². The Bertz CT molecular complexity index is 605.